The molecule has 0 spiro atoms. The third-order valence-electron chi connectivity index (χ3n) is 5.70. The highest BCUT2D eigenvalue weighted by Crippen LogP contribution is 2.46. The number of thiophene rings is 1. The number of amides is 2. The molecule has 4 atom stereocenters. The summed E-state index contributed by atoms with van der Waals surface area (Å²) in [4.78, 5) is 41.5. The van der Waals surface area contributed by atoms with Gasteiger partial charge < -0.3 is 10.1 Å². The van der Waals surface area contributed by atoms with Crippen LogP contribution in [0.1, 0.15) is 23.4 Å². The molecule has 1 aromatic carbocycles. The SMILES string of the molecule is COC(=O)[C@]1(C)[NH2+][C@@H](c2cccs2)[C@H]2C(=O)N(c3ccc(C)cc3)C(=O)[C@H]21. The molecule has 7 heteroatoms. The number of hydrogen-bond donors (Lipinski definition) is 1. The van der Waals surface area contributed by atoms with Crippen molar-refractivity contribution in [3.63, 3.8) is 0 Å². The predicted molar refractivity (Wildman–Crippen MR) is 100 cm³/mol. The van der Waals surface area contributed by atoms with E-state index in [1.165, 1.54) is 23.3 Å². The number of benzene rings is 1. The normalized spacial score (nSPS) is 29.9. The molecule has 2 aliphatic heterocycles. The fourth-order valence-corrected chi connectivity index (χ4v) is 5.21. The maximum Gasteiger partial charge on any atom is 0.368 e. The molecule has 27 heavy (non-hydrogen) atoms. The number of quaternary nitrogens is 1. The molecule has 140 valence electrons. The fourth-order valence-electron chi connectivity index (χ4n) is 4.37. The van der Waals surface area contributed by atoms with Gasteiger partial charge in [-0.3, -0.25) is 9.59 Å². The number of ether oxygens (including phenoxy) is 1. The van der Waals surface area contributed by atoms with Crippen molar-refractivity contribution in [2.24, 2.45) is 11.8 Å². The Morgan fingerprint density at radius 3 is 2.48 bits per heavy atom. The summed E-state index contributed by atoms with van der Waals surface area (Å²) < 4.78 is 5.00. The van der Waals surface area contributed by atoms with Gasteiger partial charge >= 0.3 is 5.97 Å². The van der Waals surface area contributed by atoms with Gasteiger partial charge in [0.1, 0.15) is 17.9 Å². The van der Waals surface area contributed by atoms with Crippen LogP contribution < -0.4 is 10.2 Å². The molecule has 0 aliphatic carbocycles. The first kappa shape index (κ1) is 17.9. The molecule has 0 unspecified atom stereocenters. The summed E-state index contributed by atoms with van der Waals surface area (Å²) in [6.45, 7) is 3.65. The van der Waals surface area contributed by atoms with E-state index in [2.05, 4.69) is 0 Å². The lowest BCUT2D eigenvalue weighted by atomic mass is 9.81. The summed E-state index contributed by atoms with van der Waals surface area (Å²) in [5.74, 6) is -2.43. The molecule has 0 saturated carbocycles. The molecule has 0 radical (unpaired) electrons. The lowest BCUT2D eigenvalue weighted by Gasteiger charge is -2.25. The molecule has 3 heterocycles. The predicted octanol–water partition coefficient (Wildman–Crippen LogP) is 1.41. The standard InChI is InChI=1S/C20H20N2O4S/c1-11-6-8-12(9-7-11)22-17(23)14-15(18(22)24)20(2,19(25)26-3)21-16(14)13-5-4-10-27-13/h4-10,14-16,21H,1-3H3/p+1/t14-,15-,16-,20+/m0/s1. The maximum absolute atomic E-state index is 13.3. The molecular weight excluding hydrogens is 364 g/mol. The highest BCUT2D eigenvalue weighted by atomic mass is 32.1. The highest BCUT2D eigenvalue weighted by Gasteiger charge is 2.71. The lowest BCUT2D eigenvalue weighted by molar-refractivity contribution is -0.730. The van der Waals surface area contributed by atoms with E-state index in [0.29, 0.717) is 5.69 Å². The van der Waals surface area contributed by atoms with Crippen LogP contribution in [0.5, 0.6) is 0 Å². The Balaban J connectivity index is 1.81. The van der Waals surface area contributed by atoms with E-state index in [9.17, 15) is 14.4 Å². The Bertz CT molecular complexity index is 909. The molecule has 2 N–H and O–H groups in total. The molecule has 2 saturated heterocycles. The molecule has 0 bridgehead atoms. The minimum atomic E-state index is -1.14. The van der Waals surface area contributed by atoms with Crippen LogP contribution in [0, 0.1) is 18.8 Å². The molecule has 2 aliphatic rings. The van der Waals surface area contributed by atoms with Crippen molar-refractivity contribution in [2.75, 3.05) is 12.0 Å². The second-order valence-electron chi connectivity index (χ2n) is 7.33. The van der Waals surface area contributed by atoms with E-state index < -0.39 is 23.3 Å². The molecule has 4 rings (SSSR count). The van der Waals surface area contributed by atoms with Crippen molar-refractivity contribution < 1.29 is 24.4 Å². The number of fused-ring (bicyclic) bond motifs is 1. The van der Waals surface area contributed by atoms with Crippen LogP contribution in [0.3, 0.4) is 0 Å². The number of carbonyl (C=O) groups is 3. The van der Waals surface area contributed by atoms with Crippen LogP contribution in [0.15, 0.2) is 41.8 Å². The van der Waals surface area contributed by atoms with Gasteiger partial charge in [-0.15, -0.1) is 11.3 Å². The van der Waals surface area contributed by atoms with Gasteiger partial charge in [-0.05, 0) is 30.5 Å². The molecule has 2 fully saturated rings. The maximum atomic E-state index is 13.3. The van der Waals surface area contributed by atoms with Crippen molar-refractivity contribution in [1.82, 2.24) is 0 Å². The smallest absolute Gasteiger partial charge is 0.368 e. The number of esters is 1. The third kappa shape index (κ3) is 2.53. The number of anilines is 1. The third-order valence-corrected chi connectivity index (χ3v) is 6.67. The first-order chi connectivity index (χ1) is 12.9. The van der Waals surface area contributed by atoms with E-state index in [1.54, 1.807) is 19.1 Å². The minimum absolute atomic E-state index is 0.254. The van der Waals surface area contributed by atoms with Crippen LogP contribution in [0.2, 0.25) is 0 Å². The van der Waals surface area contributed by atoms with Gasteiger partial charge in [0.25, 0.3) is 0 Å². The number of hydrogen-bond acceptors (Lipinski definition) is 5. The van der Waals surface area contributed by atoms with Crippen LogP contribution in [-0.2, 0) is 19.1 Å². The van der Waals surface area contributed by atoms with Gasteiger partial charge in [0, 0.05) is 6.92 Å². The van der Waals surface area contributed by atoms with Gasteiger partial charge in [-0.1, -0.05) is 23.8 Å². The first-order valence-electron chi connectivity index (χ1n) is 8.81. The fraction of sp³-hybridized carbons (Fsp3) is 0.350. The van der Waals surface area contributed by atoms with Crippen LogP contribution in [0.4, 0.5) is 5.69 Å². The van der Waals surface area contributed by atoms with Crippen molar-refractivity contribution in [3.05, 3.63) is 52.2 Å². The second kappa shape index (κ2) is 6.28. The molecule has 2 amide bonds. The van der Waals surface area contributed by atoms with Crippen molar-refractivity contribution in [3.8, 4) is 0 Å². The average Bonchev–Trinajstić information content (AvgIpc) is 3.34. The summed E-state index contributed by atoms with van der Waals surface area (Å²) >= 11 is 1.53. The van der Waals surface area contributed by atoms with Crippen molar-refractivity contribution in [1.29, 1.82) is 0 Å². The molecule has 2 aromatic rings. The highest BCUT2D eigenvalue weighted by molar-refractivity contribution is 7.10. The topological polar surface area (TPSA) is 80.3 Å². The van der Waals surface area contributed by atoms with Gasteiger partial charge in [-0.2, -0.15) is 0 Å². The zero-order chi connectivity index (χ0) is 19.3. The van der Waals surface area contributed by atoms with Crippen LogP contribution in [-0.4, -0.2) is 30.4 Å². The molecule has 6 nitrogen and oxygen atoms in total. The Hall–Kier alpha value is -2.51. The largest absolute Gasteiger partial charge is 0.464 e. The Kier molecular flexibility index (Phi) is 4.16. The second-order valence-corrected chi connectivity index (χ2v) is 8.31. The summed E-state index contributed by atoms with van der Waals surface area (Å²) in [7, 11) is 1.31. The number of rotatable bonds is 3. The zero-order valence-corrected chi connectivity index (χ0v) is 16.2. The summed E-state index contributed by atoms with van der Waals surface area (Å²) in [5.41, 5.74) is 0.449. The zero-order valence-electron chi connectivity index (χ0n) is 15.3. The Labute approximate surface area is 161 Å². The summed E-state index contributed by atoms with van der Waals surface area (Å²) in [6, 6.07) is 10.8. The molecular formula is C20H21N2O4S+. The molecule has 1 aromatic heterocycles. The number of aryl methyl sites for hydroxylation is 1. The van der Waals surface area contributed by atoms with Crippen LogP contribution >= 0.6 is 11.3 Å². The monoisotopic (exact) mass is 385 g/mol. The van der Waals surface area contributed by atoms with E-state index in [0.717, 1.165) is 10.4 Å². The summed E-state index contributed by atoms with van der Waals surface area (Å²) in [6.07, 6.45) is 0. The number of nitrogens with zero attached hydrogens (tertiary/aromatic N) is 1. The van der Waals surface area contributed by atoms with Gasteiger partial charge in [0.05, 0.1) is 17.7 Å². The van der Waals surface area contributed by atoms with Gasteiger partial charge in [-0.25, -0.2) is 9.69 Å². The Morgan fingerprint density at radius 2 is 1.89 bits per heavy atom. The van der Waals surface area contributed by atoms with Gasteiger partial charge in [0.15, 0.2) is 0 Å². The minimum Gasteiger partial charge on any atom is -0.464 e. The van der Waals surface area contributed by atoms with Crippen LogP contribution in [0.25, 0.3) is 0 Å². The average molecular weight is 385 g/mol. The number of imide groups is 1. The van der Waals surface area contributed by atoms with Crippen molar-refractivity contribution >= 4 is 34.8 Å². The van der Waals surface area contributed by atoms with E-state index in [-0.39, 0.29) is 17.9 Å². The summed E-state index contributed by atoms with van der Waals surface area (Å²) in [5, 5.41) is 3.77. The van der Waals surface area contributed by atoms with Gasteiger partial charge in [0.2, 0.25) is 17.4 Å². The quantitative estimate of drug-likeness (QED) is 0.640. The van der Waals surface area contributed by atoms with Crippen molar-refractivity contribution in [2.45, 2.75) is 25.4 Å². The van der Waals surface area contributed by atoms with E-state index in [4.69, 9.17) is 4.74 Å². The Morgan fingerprint density at radius 1 is 1.19 bits per heavy atom. The number of carbonyl (C=O) groups excluding carboxylic acids is 3. The van der Waals surface area contributed by atoms with E-state index >= 15 is 0 Å². The van der Waals surface area contributed by atoms with E-state index in [1.807, 2.05) is 41.9 Å². The number of nitrogens with two attached hydrogens (primary N) is 1. The number of methoxy groups -OCH3 is 1. The lowest BCUT2D eigenvalue weighted by Crippen LogP contribution is -2.97. The first-order valence-corrected chi connectivity index (χ1v) is 9.69.